The number of nitro groups is 1. The van der Waals surface area contributed by atoms with Crippen LogP contribution in [0.25, 0.3) is 0 Å². The van der Waals surface area contributed by atoms with Crippen molar-refractivity contribution in [2.75, 3.05) is 18.4 Å². The molecule has 0 atom stereocenters. The SMILES string of the molecule is CCN1CCc2c(Br)cc([N+](=O)[O-])c(NC(C)=O)c2C1. The second-order valence-corrected chi connectivity index (χ2v) is 5.62. The van der Waals surface area contributed by atoms with Crippen molar-refractivity contribution in [2.45, 2.75) is 26.8 Å². The van der Waals surface area contributed by atoms with Gasteiger partial charge in [0, 0.05) is 36.1 Å². The highest BCUT2D eigenvalue weighted by Gasteiger charge is 2.28. The first kappa shape index (κ1) is 14.9. The van der Waals surface area contributed by atoms with Gasteiger partial charge in [0.15, 0.2) is 0 Å². The van der Waals surface area contributed by atoms with Crippen molar-refractivity contribution < 1.29 is 9.72 Å². The Morgan fingerprint density at radius 3 is 2.80 bits per heavy atom. The zero-order valence-corrected chi connectivity index (χ0v) is 13.0. The molecule has 6 nitrogen and oxygen atoms in total. The average molecular weight is 342 g/mol. The number of benzene rings is 1. The summed E-state index contributed by atoms with van der Waals surface area (Å²) in [6.45, 7) is 5.81. The monoisotopic (exact) mass is 341 g/mol. The van der Waals surface area contributed by atoms with Crippen LogP contribution in [0.5, 0.6) is 0 Å². The van der Waals surface area contributed by atoms with E-state index in [1.807, 2.05) is 0 Å². The van der Waals surface area contributed by atoms with Crippen molar-refractivity contribution in [3.63, 3.8) is 0 Å². The molecule has 1 aliphatic heterocycles. The molecular formula is C13H16BrN3O3. The number of nitrogens with one attached hydrogen (secondary N) is 1. The van der Waals surface area contributed by atoms with Crippen LogP contribution in [0.2, 0.25) is 0 Å². The first-order valence-corrected chi connectivity index (χ1v) is 7.22. The van der Waals surface area contributed by atoms with E-state index in [0.717, 1.165) is 35.1 Å². The molecule has 0 bridgehead atoms. The van der Waals surface area contributed by atoms with Crippen molar-refractivity contribution in [3.8, 4) is 0 Å². The van der Waals surface area contributed by atoms with Gasteiger partial charge in [-0.25, -0.2) is 0 Å². The molecule has 0 radical (unpaired) electrons. The number of nitrogens with zero attached hydrogens (tertiary/aromatic N) is 2. The average Bonchev–Trinajstić information content (AvgIpc) is 2.40. The van der Waals surface area contributed by atoms with Crippen molar-refractivity contribution in [1.29, 1.82) is 0 Å². The number of rotatable bonds is 3. The fourth-order valence-electron chi connectivity index (χ4n) is 2.48. The van der Waals surface area contributed by atoms with Crippen molar-refractivity contribution >= 4 is 33.2 Å². The molecule has 0 spiro atoms. The van der Waals surface area contributed by atoms with Gasteiger partial charge in [0.2, 0.25) is 5.91 Å². The Kier molecular flexibility index (Phi) is 4.39. The quantitative estimate of drug-likeness (QED) is 0.677. The van der Waals surface area contributed by atoms with E-state index in [-0.39, 0.29) is 11.6 Å². The molecule has 1 aromatic rings. The lowest BCUT2D eigenvalue weighted by atomic mass is 9.96. The van der Waals surface area contributed by atoms with Crippen molar-refractivity contribution in [2.24, 2.45) is 0 Å². The zero-order chi connectivity index (χ0) is 14.9. The molecule has 1 N–H and O–H groups in total. The lowest BCUT2D eigenvalue weighted by Crippen LogP contribution is -2.31. The molecule has 0 aliphatic carbocycles. The zero-order valence-electron chi connectivity index (χ0n) is 11.4. The molecule has 1 amide bonds. The molecule has 1 aromatic carbocycles. The van der Waals surface area contributed by atoms with Gasteiger partial charge in [0.05, 0.1) is 4.92 Å². The number of likely N-dealkylation sites (N-methyl/N-ethyl adjacent to an activating group) is 1. The Labute approximate surface area is 125 Å². The highest BCUT2D eigenvalue weighted by atomic mass is 79.9. The van der Waals surface area contributed by atoms with E-state index in [2.05, 4.69) is 33.1 Å². The molecular weight excluding hydrogens is 326 g/mol. The van der Waals surface area contributed by atoms with Crippen LogP contribution in [0.3, 0.4) is 0 Å². The molecule has 108 valence electrons. The topological polar surface area (TPSA) is 75.5 Å². The summed E-state index contributed by atoms with van der Waals surface area (Å²) in [5.41, 5.74) is 2.15. The fraction of sp³-hybridized carbons (Fsp3) is 0.462. The summed E-state index contributed by atoms with van der Waals surface area (Å²) >= 11 is 3.41. The number of anilines is 1. The number of amides is 1. The Morgan fingerprint density at radius 2 is 2.25 bits per heavy atom. The molecule has 7 heteroatoms. The Bertz CT molecular complexity index is 574. The molecule has 20 heavy (non-hydrogen) atoms. The second-order valence-electron chi connectivity index (χ2n) is 4.77. The van der Waals surface area contributed by atoms with E-state index in [1.165, 1.54) is 13.0 Å². The van der Waals surface area contributed by atoms with E-state index in [9.17, 15) is 14.9 Å². The summed E-state index contributed by atoms with van der Waals surface area (Å²) in [7, 11) is 0. The van der Waals surface area contributed by atoms with E-state index in [4.69, 9.17) is 0 Å². The Hall–Kier alpha value is -1.47. The number of hydrogen-bond acceptors (Lipinski definition) is 4. The molecule has 1 heterocycles. The fourth-order valence-corrected chi connectivity index (χ4v) is 3.13. The van der Waals surface area contributed by atoms with Gasteiger partial charge in [-0.15, -0.1) is 0 Å². The van der Waals surface area contributed by atoms with Gasteiger partial charge in [-0.1, -0.05) is 22.9 Å². The lowest BCUT2D eigenvalue weighted by molar-refractivity contribution is -0.384. The highest BCUT2D eigenvalue weighted by Crippen LogP contribution is 2.39. The lowest BCUT2D eigenvalue weighted by Gasteiger charge is -2.29. The molecule has 0 unspecified atom stereocenters. The largest absolute Gasteiger partial charge is 0.320 e. The third kappa shape index (κ3) is 2.83. The van der Waals surface area contributed by atoms with E-state index in [1.54, 1.807) is 0 Å². The maximum Gasteiger partial charge on any atom is 0.294 e. The molecule has 1 aliphatic rings. The predicted molar refractivity (Wildman–Crippen MR) is 79.8 cm³/mol. The molecule has 0 fully saturated rings. The van der Waals surface area contributed by atoms with E-state index >= 15 is 0 Å². The maximum absolute atomic E-state index is 11.4. The maximum atomic E-state index is 11.4. The van der Waals surface area contributed by atoms with Crippen LogP contribution in [0, 0.1) is 10.1 Å². The first-order chi connectivity index (χ1) is 9.43. The predicted octanol–water partition coefficient (Wildman–Crippen LogP) is 2.69. The van der Waals surface area contributed by atoms with Crippen LogP contribution in [0.15, 0.2) is 10.5 Å². The van der Waals surface area contributed by atoms with E-state index in [0.29, 0.717) is 12.2 Å². The number of halogens is 1. The minimum Gasteiger partial charge on any atom is -0.320 e. The third-order valence-corrected chi connectivity index (χ3v) is 4.19. The molecule has 0 saturated carbocycles. The molecule has 2 rings (SSSR count). The van der Waals surface area contributed by atoms with Crippen molar-refractivity contribution in [1.82, 2.24) is 4.90 Å². The van der Waals surface area contributed by atoms with Crippen LogP contribution in [0.1, 0.15) is 25.0 Å². The van der Waals surface area contributed by atoms with Crippen molar-refractivity contribution in [3.05, 3.63) is 31.8 Å². The number of hydrogen-bond donors (Lipinski definition) is 1. The van der Waals surface area contributed by atoms with Gasteiger partial charge in [0.1, 0.15) is 5.69 Å². The van der Waals surface area contributed by atoms with Gasteiger partial charge in [-0.05, 0) is 18.5 Å². The Balaban J connectivity index is 2.60. The summed E-state index contributed by atoms with van der Waals surface area (Å²) in [6, 6.07) is 1.48. The van der Waals surface area contributed by atoms with Crippen LogP contribution >= 0.6 is 15.9 Å². The van der Waals surface area contributed by atoms with Gasteiger partial charge in [-0.3, -0.25) is 19.8 Å². The van der Waals surface area contributed by atoms with Gasteiger partial charge in [0.25, 0.3) is 5.69 Å². The van der Waals surface area contributed by atoms with Crippen LogP contribution in [-0.2, 0) is 17.8 Å². The number of carbonyl (C=O) groups is 1. The van der Waals surface area contributed by atoms with Gasteiger partial charge >= 0.3 is 0 Å². The molecule has 0 saturated heterocycles. The normalized spacial score (nSPS) is 14.8. The smallest absolute Gasteiger partial charge is 0.294 e. The summed E-state index contributed by atoms with van der Waals surface area (Å²) in [4.78, 5) is 24.3. The standard InChI is InChI=1S/C13H16BrN3O3/c1-3-16-5-4-9-10(7-16)13(15-8(2)18)12(17(19)20)6-11(9)14/h6H,3-5,7H2,1-2H3,(H,15,18). The van der Waals surface area contributed by atoms with Crippen LogP contribution < -0.4 is 5.32 Å². The minimum atomic E-state index is -0.457. The minimum absolute atomic E-state index is 0.0659. The highest BCUT2D eigenvalue weighted by molar-refractivity contribution is 9.10. The van der Waals surface area contributed by atoms with Gasteiger partial charge < -0.3 is 5.32 Å². The van der Waals surface area contributed by atoms with E-state index < -0.39 is 4.92 Å². The van der Waals surface area contributed by atoms with Crippen LogP contribution in [-0.4, -0.2) is 28.8 Å². The summed E-state index contributed by atoms with van der Waals surface area (Å²) < 4.78 is 0.740. The summed E-state index contributed by atoms with van der Waals surface area (Å²) in [6.07, 6.45) is 0.814. The number of carbonyl (C=O) groups excluding carboxylic acids is 1. The van der Waals surface area contributed by atoms with Crippen LogP contribution in [0.4, 0.5) is 11.4 Å². The Morgan fingerprint density at radius 1 is 1.55 bits per heavy atom. The summed E-state index contributed by atoms with van der Waals surface area (Å²) in [5.74, 6) is -0.300. The number of fused-ring (bicyclic) bond motifs is 1. The molecule has 0 aromatic heterocycles. The number of nitro benzene ring substituents is 1. The summed E-state index contributed by atoms with van der Waals surface area (Å²) in [5, 5.41) is 13.8. The third-order valence-electron chi connectivity index (χ3n) is 3.48. The second kappa shape index (κ2) is 5.88. The first-order valence-electron chi connectivity index (χ1n) is 6.42. The van der Waals surface area contributed by atoms with Gasteiger partial charge in [-0.2, -0.15) is 0 Å².